The third kappa shape index (κ3) is 4.66. The summed E-state index contributed by atoms with van der Waals surface area (Å²) < 4.78 is 4.98. The van der Waals surface area contributed by atoms with Gasteiger partial charge in [0.2, 0.25) is 11.8 Å². The van der Waals surface area contributed by atoms with E-state index in [4.69, 9.17) is 14.9 Å². The second kappa shape index (κ2) is 7.92. The van der Waals surface area contributed by atoms with Crippen molar-refractivity contribution in [2.24, 2.45) is 11.8 Å². The van der Waals surface area contributed by atoms with Crippen molar-refractivity contribution in [1.82, 2.24) is 10.3 Å². The third-order valence-corrected chi connectivity index (χ3v) is 4.21. The molecular weight excluding hydrogens is 300 g/mol. The maximum Gasteiger partial charge on any atom is 0.305 e. The highest BCUT2D eigenvalue weighted by Crippen LogP contribution is 2.36. The van der Waals surface area contributed by atoms with Gasteiger partial charge in [0, 0.05) is 24.8 Å². The van der Waals surface area contributed by atoms with Gasteiger partial charge < -0.3 is 20.3 Å². The quantitative estimate of drug-likeness (QED) is 0.662. The van der Waals surface area contributed by atoms with Gasteiger partial charge in [-0.15, -0.1) is 0 Å². The molecule has 7 nitrogen and oxygen atoms in total. The molecule has 1 aliphatic rings. The van der Waals surface area contributed by atoms with Crippen molar-refractivity contribution >= 4 is 11.9 Å². The van der Waals surface area contributed by atoms with Crippen molar-refractivity contribution in [2.75, 3.05) is 13.7 Å². The van der Waals surface area contributed by atoms with Crippen LogP contribution in [-0.2, 0) is 9.59 Å². The van der Waals surface area contributed by atoms with Gasteiger partial charge in [0.15, 0.2) is 0 Å². The zero-order valence-electron chi connectivity index (χ0n) is 13.1. The average molecular weight is 322 g/mol. The second-order valence-corrected chi connectivity index (χ2v) is 5.84. The Labute approximate surface area is 134 Å². The summed E-state index contributed by atoms with van der Waals surface area (Å²) in [7, 11) is 1.50. The number of carbonyl (C=O) groups is 2. The second-order valence-electron chi connectivity index (χ2n) is 5.84. The molecule has 1 fully saturated rings. The standard InChI is InChI=1S/C16H22N2O5/c1-23-14-3-2-11(9-17-14)13(8-15(20)21)18-16(22)12-6-10(7-12)4-5-19/h2-3,9-10,12-13,19H,4-8H2,1H3,(H,18,22)(H,20,21). The van der Waals surface area contributed by atoms with Gasteiger partial charge in [0.1, 0.15) is 0 Å². The van der Waals surface area contributed by atoms with Crippen LogP contribution in [0.1, 0.15) is 37.3 Å². The van der Waals surface area contributed by atoms with Gasteiger partial charge in [-0.3, -0.25) is 9.59 Å². The molecule has 1 aromatic heterocycles. The Kier molecular flexibility index (Phi) is 5.92. The summed E-state index contributed by atoms with van der Waals surface area (Å²) in [5.41, 5.74) is 0.632. The van der Waals surface area contributed by atoms with Gasteiger partial charge in [0.05, 0.1) is 19.6 Å². The molecule has 3 N–H and O–H groups in total. The molecule has 0 bridgehead atoms. The maximum absolute atomic E-state index is 12.3. The number of aromatic nitrogens is 1. The molecule has 0 saturated heterocycles. The number of carbonyl (C=O) groups excluding carboxylic acids is 1. The van der Waals surface area contributed by atoms with E-state index in [0.717, 1.165) is 12.8 Å². The molecule has 1 unspecified atom stereocenters. The predicted octanol–water partition coefficient (Wildman–Crippen LogP) is 1.13. The lowest BCUT2D eigenvalue weighted by molar-refractivity contribution is -0.138. The number of rotatable bonds is 8. The zero-order chi connectivity index (χ0) is 16.8. The predicted molar refractivity (Wildman–Crippen MR) is 81.8 cm³/mol. The summed E-state index contributed by atoms with van der Waals surface area (Å²) in [6.07, 6.45) is 3.51. The number of ether oxygens (including phenoxy) is 1. The van der Waals surface area contributed by atoms with Crippen LogP contribution in [0.4, 0.5) is 0 Å². The Morgan fingerprint density at radius 1 is 1.43 bits per heavy atom. The number of methoxy groups -OCH3 is 1. The van der Waals surface area contributed by atoms with Crippen LogP contribution in [0.5, 0.6) is 5.88 Å². The lowest BCUT2D eigenvalue weighted by atomic mass is 9.73. The number of hydrogen-bond donors (Lipinski definition) is 3. The molecule has 1 saturated carbocycles. The molecule has 2 rings (SSSR count). The first-order valence-electron chi connectivity index (χ1n) is 7.66. The van der Waals surface area contributed by atoms with E-state index >= 15 is 0 Å². The van der Waals surface area contributed by atoms with Gasteiger partial charge in [-0.25, -0.2) is 4.98 Å². The number of carboxylic acid groups (broad SMARTS) is 1. The fourth-order valence-electron chi connectivity index (χ4n) is 2.80. The van der Waals surface area contributed by atoms with Gasteiger partial charge in [-0.05, 0) is 30.7 Å². The normalized spacial score (nSPS) is 21.1. The molecule has 126 valence electrons. The lowest BCUT2D eigenvalue weighted by Crippen LogP contribution is -2.41. The number of aliphatic carboxylic acids is 1. The van der Waals surface area contributed by atoms with Crippen molar-refractivity contribution in [1.29, 1.82) is 0 Å². The summed E-state index contributed by atoms with van der Waals surface area (Å²) in [4.78, 5) is 27.4. The molecule has 0 radical (unpaired) electrons. The summed E-state index contributed by atoms with van der Waals surface area (Å²) in [5.74, 6) is -0.412. The van der Waals surface area contributed by atoms with Crippen LogP contribution in [0.25, 0.3) is 0 Å². The van der Waals surface area contributed by atoms with Crippen LogP contribution in [-0.4, -0.2) is 40.8 Å². The highest BCUT2D eigenvalue weighted by Gasteiger charge is 2.35. The number of carboxylic acids is 1. The zero-order valence-corrected chi connectivity index (χ0v) is 13.1. The van der Waals surface area contributed by atoms with Crippen molar-refractivity contribution in [3.8, 4) is 5.88 Å². The minimum absolute atomic E-state index is 0.103. The molecule has 23 heavy (non-hydrogen) atoms. The molecule has 1 aromatic rings. The first kappa shape index (κ1) is 17.2. The molecule has 7 heteroatoms. The van der Waals surface area contributed by atoms with Crippen molar-refractivity contribution in [2.45, 2.75) is 31.7 Å². The largest absolute Gasteiger partial charge is 0.481 e. The van der Waals surface area contributed by atoms with E-state index < -0.39 is 12.0 Å². The molecule has 0 spiro atoms. The van der Waals surface area contributed by atoms with Crippen LogP contribution in [0, 0.1) is 11.8 Å². The first-order valence-corrected chi connectivity index (χ1v) is 7.66. The number of nitrogens with zero attached hydrogens (tertiary/aromatic N) is 1. The molecule has 0 aliphatic heterocycles. The highest BCUT2D eigenvalue weighted by molar-refractivity contribution is 5.80. The van der Waals surface area contributed by atoms with E-state index in [1.807, 2.05) is 0 Å². The summed E-state index contributed by atoms with van der Waals surface area (Å²) in [5, 5.41) is 20.7. The van der Waals surface area contributed by atoms with E-state index in [1.54, 1.807) is 12.1 Å². The fourth-order valence-corrected chi connectivity index (χ4v) is 2.80. The number of amides is 1. The van der Waals surface area contributed by atoms with Gasteiger partial charge in [-0.1, -0.05) is 6.07 Å². The maximum atomic E-state index is 12.3. The van der Waals surface area contributed by atoms with Crippen LogP contribution < -0.4 is 10.1 Å². The minimum atomic E-state index is -0.988. The molecule has 1 amide bonds. The van der Waals surface area contributed by atoms with Crippen molar-refractivity contribution < 1.29 is 24.5 Å². The number of aliphatic hydroxyl groups is 1. The van der Waals surface area contributed by atoms with E-state index in [2.05, 4.69) is 10.3 Å². The Morgan fingerprint density at radius 2 is 2.17 bits per heavy atom. The van der Waals surface area contributed by atoms with Crippen LogP contribution in [0.15, 0.2) is 18.3 Å². The fraction of sp³-hybridized carbons (Fsp3) is 0.562. The highest BCUT2D eigenvalue weighted by atomic mass is 16.5. The van der Waals surface area contributed by atoms with Gasteiger partial charge in [-0.2, -0.15) is 0 Å². The minimum Gasteiger partial charge on any atom is -0.481 e. The SMILES string of the molecule is COc1ccc(C(CC(=O)O)NC(=O)C2CC(CCO)C2)cn1. The van der Waals surface area contributed by atoms with Crippen LogP contribution in [0.2, 0.25) is 0 Å². The van der Waals surface area contributed by atoms with E-state index in [1.165, 1.54) is 13.3 Å². The Balaban J connectivity index is 1.98. The average Bonchev–Trinajstić information content (AvgIpc) is 2.49. The smallest absolute Gasteiger partial charge is 0.305 e. The number of pyridine rings is 1. The van der Waals surface area contributed by atoms with Crippen molar-refractivity contribution in [3.63, 3.8) is 0 Å². The Morgan fingerprint density at radius 3 is 2.70 bits per heavy atom. The Hall–Kier alpha value is -2.15. The summed E-state index contributed by atoms with van der Waals surface area (Å²) in [6, 6.07) is 2.72. The number of nitrogens with one attached hydrogen (secondary N) is 1. The van der Waals surface area contributed by atoms with Gasteiger partial charge in [0.25, 0.3) is 0 Å². The molecular formula is C16H22N2O5. The van der Waals surface area contributed by atoms with E-state index in [0.29, 0.717) is 23.8 Å². The first-order chi connectivity index (χ1) is 11.0. The summed E-state index contributed by atoms with van der Waals surface area (Å²) >= 11 is 0. The monoisotopic (exact) mass is 322 g/mol. The van der Waals surface area contributed by atoms with E-state index in [9.17, 15) is 9.59 Å². The molecule has 1 aliphatic carbocycles. The van der Waals surface area contributed by atoms with E-state index in [-0.39, 0.29) is 24.9 Å². The third-order valence-electron chi connectivity index (χ3n) is 4.21. The van der Waals surface area contributed by atoms with Gasteiger partial charge >= 0.3 is 5.97 Å². The van der Waals surface area contributed by atoms with Crippen LogP contribution in [0.3, 0.4) is 0 Å². The molecule has 0 aromatic carbocycles. The number of hydrogen-bond acceptors (Lipinski definition) is 5. The molecule has 1 heterocycles. The topological polar surface area (TPSA) is 109 Å². The number of aliphatic hydroxyl groups excluding tert-OH is 1. The van der Waals surface area contributed by atoms with Crippen molar-refractivity contribution in [3.05, 3.63) is 23.9 Å². The lowest BCUT2D eigenvalue weighted by Gasteiger charge is -2.34. The molecule has 1 atom stereocenters. The summed E-state index contributed by atoms with van der Waals surface area (Å²) in [6.45, 7) is 0.137. The Bertz CT molecular complexity index is 540. The van der Waals surface area contributed by atoms with Crippen LogP contribution >= 0.6 is 0 Å².